The van der Waals surface area contributed by atoms with Crippen LogP contribution < -0.4 is 5.14 Å². The monoisotopic (exact) mass is 382 g/mol. The fourth-order valence-electron chi connectivity index (χ4n) is 4.11. The van der Waals surface area contributed by atoms with Crippen LogP contribution in [0.4, 0.5) is 0 Å². The van der Waals surface area contributed by atoms with Crippen molar-refractivity contribution in [3.63, 3.8) is 0 Å². The summed E-state index contributed by atoms with van der Waals surface area (Å²) in [5, 5.41) is 16.1. The van der Waals surface area contributed by atoms with Crippen molar-refractivity contribution in [3.05, 3.63) is 54.2 Å². The molecule has 1 saturated carbocycles. The standard InChI is InChI=1S/C20H22N4O2S/c21-27(25,26)20-17(18-13-22-24-23-18)12-11-16(14-7-3-1-4-8-14)19(20)15-9-5-2-6-10-15/h1,3-4,7-8,11-13,15H,2,5-6,9-10H2,(H2,21,25,26)(H,22,23,24). The number of nitrogens with two attached hydrogens (primary N) is 1. The lowest BCUT2D eigenvalue weighted by Gasteiger charge is -2.27. The lowest BCUT2D eigenvalue weighted by molar-refractivity contribution is 0.439. The Bertz CT molecular complexity index is 1030. The molecule has 1 aromatic heterocycles. The number of benzene rings is 2. The Morgan fingerprint density at radius 3 is 2.30 bits per heavy atom. The molecule has 7 heteroatoms. The highest BCUT2D eigenvalue weighted by molar-refractivity contribution is 7.89. The second-order valence-electron chi connectivity index (χ2n) is 7.01. The van der Waals surface area contributed by atoms with Gasteiger partial charge in [0, 0.05) is 5.56 Å². The molecule has 27 heavy (non-hydrogen) atoms. The summed E-state index contributed by atoms with van der Waals surface area (Å²) in [5.74, 6) is 0.161. The summed E-state index contributed by atoms with van der Waals surface area (Å²) in [7, 11) is -3.95. The van der Waals surface area contributed by atoms with E-state index in [1.165, 1.54) is 6.42 Å². The van der Waals surface area contributed by atoms with E-state index >= 15 is 0 Å². The second kappa shape index (κ2) is 7.25. The van der Waals surface area contributed by atoms with Gasteiger partial charge in [-0.25, -0.2) is 13.6 Å². The molecule has 6 nitrogen and oxygen atoms in total. The van der Waals surface area contributed by atoms with Crippen molar-refractivity contribution in [2.75, 3.05) is 0 Å². The van der Waals surface area contributed by atoms with E-state index in [9.17, 15) is 8.42 Å². The first kappa shape index (κ1) is 17.9. The van der Waals surface area contributed by atoms with Gasteiger partial charge in [-0.1, -0.05) is 66.9 Å². The Kier molecular flexibility index (Phi) is 4.80. The SMILES string of the molecule is NS(=O)(=O)c1c(-c2c[nH]nn2)ccc(-c2ccccc2)c1C1CCCCC1. The number of H-pyrrole nitrogens is 1. The van der Waals surface area contributed by atoms with Crippen LogP contribution in [0.3, 0.4) is 0 Å². The maximum absolute atomic E-state index is 12.7. The average Bonchev–Trinajstić information content (AvgIpc) is 3.22. The van der Waals surface area contributed by atoms with Crippen LogP contribution in [-0.4, -0.2) is 23.8 Å². The number of nitrogens with zero attached hydrogens (tertiary/aromatic N) is 2. The van der Waals surface area contributed by atoms with Crippen molar-refractivity contribution >= 4 is 10.0 Å². The van der Waals surface area contributed by atoms with Gasteiger partial charge in [-0.3, -0.25) is 5.10 Å². The number of hydrogen-bond donors (Lipinski definition) is 2. The van der Waals surface area contributed by atoms with E-state index in [0.29, 0.717) is 11.3 Å². The minimum Gasteiger partial charge on any atom is -0.265 e. The summed E-state index contributed by atoms with van der Waals surface area (Å²) in [6, 6.07) is 13.7. The third kappa shape index (κ3) is 3.52. The van der Waals surface area contributed by atoms with Crippen LogP contribution in [0, 0.1) is 0 Å². The predicted octanol–water partition coefficient (Wildman–Crippen LogP) is 3.83. The molecule has 1 aliphatic carbocycles. The Balaban J connectivity index is 2.04. The molecule has 0 radical (unpaired) electrons. The van der Waals surface area contributed by atoms with Crippen molar-refractivity contribution in [3.8, 4) is 22.4 Å². The van der Waals surface area contributed by atoms with Gasteiger partial charge >= 0.3 is 0 Å². The van der Waals surface area contributed by atoms with Crippen LogP contribution >= 0.6 is 0 Å². The second-order valence-corrected chi connectivity index (χ2v) is 8.51. The summed E-state index contributed by atoms with van der Waals surface area (Å²) in [6.07, 6.45) is 6.89. The molecule has 0 atom stereocenters. The quantitative estimate of drug-likeness (QED) is 0.716. The molecular weight excluding hydrogens is 360 g/mol. The molecule has 1 fully saturated rings. The summed E-state index contributed by atoms with van der Waals surface area (Å²) in [4.78, 5) is 0.185. The Labute approximate surface area is 158 Å². The zero-order valence-electron chi connectivity index (χ0n) is 14.9. The molecule has 1 aliphatic rings. The predicted molar refractivity (Wildman–Crippen MR) is 104 cm³/mol. The van der Waals surface area contributed by atoms with Crippen LogP contribution in [0.25, 0.3) is 22.4 Å². The molecule has 1 heterocycles. The fourth-order valence-corrected chi connectivity index (χ4v) is 5.17. The van der Waals surface area contributed by atoms with Crippen LogP contribution in [0.5, 0.6) is 0 Å². The van der Waals surface area contributed by atoms with Gasteiger partial charge in [0.1, 0.15) is 5.69 Å². The zero-order chi connectivity index (χ0) is 18.9. The van der Waals surface area contributed by atoms with Crippen molar-refractivity contribution < 1.29 is 8.42 Å². The van der Waals surface area contributed by atoms with Crippen molar-refractivity contribution in [2.24, 2.45) is 5.14 Å². The highest BCUT2D eigenvalue weighted by atomic mass is 32.2. The summed E-state index contributed by atoms with van der Waals surface area (Å²) < 4.78 is 25.4. The minimum atomic E-state index is -3.95. The molecule has 0 spiro atoms. The number of rotatable bonds is 4. The highest BCUT2D eigenvalue weighted by Gasteiger charge is 2.30. The molecule has 3 aromatic rings. The molecule has 0 amide bonds. The molecule has 0 saturated heterocycles. The van der Waals surface area contributed by atoms with Crippen LogP contribution in [0.15, 0.2) is 53.6 Å². The number of hydrogen-bond acceptors (Lipinski definition) is 4. The summed E-state index contributed by atoms with van der Waals surface area (Å²) >= 11 is 0. The Morgan fingerprint density at radius 2 is 1.67 bits per heavy atom. The summed E-state index contributed by atoms with van der Waals surface area (Å²) in [5.41, 5.74) is 3.74. The third-order valence-corrected chi connectivity index (χ3v) is 6.28. The molecule has 0 aliphatic heterocycles. The van der Waals surface area contributed by atoms with Gasteiger partial charge in [-0.05, 0) is 35.4 Å². The van der Waals surface area contributed by atoms with Crippen molar-refractivity contribution in [1.82, 2.24) is 15.4 Å². The van der Waals surface area contributed by atoms with Gasteiger partial charge in [0.2, 0.25) is 10.0 Å². The maximum Gasteiger partial charge on any atom is 0.239 e. The Morgan fingerprint density at radius 1 is 0.963 bits per heavy atom. The van der Waals surface area contributed by atoms with Crippen LogP contribution in [-0.2, 0) is 10.0 Å². The molecule has 140 valence electrons. The van der Waals surface area contributed by atoms with Gasteiger partial charge in [0.15, 0.2) is 0 Å². The molecule has 0 bridgehead atoms. The molecule has 3 N–H and O–H groups in total. The van der Waals surface area contributed by atoms with Crippen LogP contribution in [0.1, 0.15) is 43.6 Å². The lowest BCUT2D eigenvalue weighted by Crippen LogP contribution is -2.19. The van der Waals surface area contributed by atoms with E-state index in [1.807, 2.05) is 36.4 Å². The van der Waals surface area contributed by atoms with E-state index in [0.717, 1.165) is 42.4 Å². The van der Waals surface area contributed by atoms with Crippen molar-refractivity contribution in [1.29, 1.82) is 0 Å². The molecule has 4 rings (SSSR count). The zero-order valence-corrected chi connectivity index (χ0v) is 15.7. The van der Waals surface area contributed by atoms with Gasteiger partial charge in [-0.15, -0.1) is 5.10 Å². The number of aromatic amines is 1. The first-order chi connectivity index (χ1) is 13.1. The number of aromatic nitrogens is 3. The fraction of sp³-hybridized carbons (Fsp3) is 0.300. The van der Waals surface area contributed by atoms with Crippen LogP contribution in [0.2, 0.25) is 0 Å². The first-order valence-corrected chi connectivity index (χ1v) is 10.7. The topological polar surface area (TPSA) is 102 Å². The number of primary sulfonamides is 1. The van der Waals surface area contributed by atoms with E-state index in [1.54, 1.807) is 12.3 Å². The van der Waals surface area contributed by atoms with Gasteiger partial charge in [0.05, 0.1) is 11.1 Å². The molecular formula is C20H22N4O2S. The number of nitrogens with one attached hydrogen (secondary N) is 1. The van der Waals surface area contributed by atoms with Gasteiger partial charge in [-0.2, -0.15) is 0 Å². The van der Waals surface area contributed by atoms with Crippen molar-refractivity contribution in [2.45, 2.75) is 42.9 Å². The van der Waals surface area contributed by atoms with Gasteiger partial charge < -0.3 is 0 Å². The summed E-state index contributed by atoms with van der Waals surface area (Å²) in [6.45, 7) is 0. The normalized spacial score (nSPS) is 15.7. The third-order valence-electron chi connectivity index (χ3n) is 5.27. The van der Waals surface area contributed by atoms with E-state index in [-0.39, 0.29) is 10.8 Å². The molecule has 2 aromatic carbocycles. The smallest absolute Gasteiger partial charge is 0.239 e. The first-order valence-electron chi connectivity index (χ1n) is 9.17. The highest BCUT2D eigenvalue weighted by Crippen LogP contribution is 2.44. The van der Waals surface area contributed by atoms with E-state index < -0.39 is 10.0 Å². The largest absolute Gasteiger partial charge is 0.265 e. The van der Waals surface area contributed by atoms with E-state index in [4.69, 9.17) is 5.14 Å². The average molecular weight is 382 g/mol. The minimum absolute atomic E-state index is 0.161. The molecule has 0 unspecified atom stereocenters. The number of sulfonamides is 1. The lowest BCUT2D eigenvalue weighted by atomic mass is 9.80. The Hall–Kier alpha value is -2.51. The van der Waals surface area contributed by atoms with Gasteiger partial charge in [0.25, 0.3) is 0 Å². The van der Waals surface area contributed by atoms with E-state index in [2.05, 4.69) is 15.4 Å². The maximum atomic E-state index is 12.7.